The molecule has 0 spiro atoms. The summed E-state index contributed by atoms with van der Waals surface area (Å²) in [6.45, 7) is 8.42. The van der Waals surface area contributed by atoms with Crippen molar-refractivity contribution in [1.82, 2.24) is 0 Å². The van der Waals surface area contributed by atoms with Gasteiger partial charge in [-0.15, -0.1) is 11.3 Å². The monoisotopic (exact) mass is 250 g/mol. The van der Waals surface area contributed by atoms with Crippen LogP contribution >= 0.6 is 11.3 Å². The molecule has 0 unspecified atom stereocenters. The summed E-state index contributed by atoms with van der Waals surface area (Å²) in [7, 11) is -0.171. The SMILES string of the molecule is CC1(C)OB(c2cc3c(s2)CCC3)OC1(C)C. The van der Waals surface area contributed by atoms with Crippen LogP contribution in [0.4, 0.5) is 0 Å². The van der Waals surface area contributed by atoms with E-state index in [9.17, 15) is 0 Å². The van der Waals surface area contributed by atoms with Crippen molar-refractivity contribution in [3.63, 3.8) is 0 Å². The summed E-state index contributed by atoms with van der Waals surface area (Å²) >= 11 is 1.87. The van der Waals surface area contributed by atoms with E-state index in [0.717, 1.165) is 0 Å². The molecule has 0 N–H and O–H groups in total. The Morgan fingerprint density at radius 1 is 1.12 bits per heavy atom. The fraction of sp³-hybridized carbons (Fsp3) is 0.692. The molecule has 0 atom stereocenters. The van der Waals surface area contributed by atoms with Gasteiger partial charge in [0.25, 0.3) is 0 Å². The Bertz CT molecular complexity index is 413. The fourth-order valence-corrected chi connectivity index (χ4v) is 3.64. The van der Waals surface area contributed by atoms with Gasteiger partial charge in [0, 0.05) is 9.65 Å². The molecule has 3 rings (SSSR count). The fourth-order valence-electron chi connectivity index (χ4n) is 2.43. The van der Waals surface area contributed by atoms with Crippen molar-refractivity contribution in [2.24, 2.45) is 0 Å². The van der Waals surface area contributed by atoms with Crippen LogP contribution in [-0.2, 0) is 22.2 Å². The lowest BCUT2D eigenvalue weighted by atomic mass is 9.87. The molecule has 17 heavy (non-hydrogen) atoms. The van der Waals surface area contributed by atoms with E-state index in [1.165, 1.54) is 34.5 Å². The molecule has 0 saturated carbocycles. The first-order valence-corrected chi connectivity index (χ1v) is 7.18. The molecule has 0 radical (unpaired) electrons. The molecule has 1 saturated heterocycles. The molecule has 4 heteroatoms. The molecular formula is C13H19BO2S. The third kappa shape index (κ3) is 1.77. The van der Waals surface area contributed by atoms with Gasteiger partial charge >= 0.3 is 7.12 Å². The standard InChI is InChI=1S/C13H19BO2S/c1-12(2)13(3,4)16-14(15-12)11-8-9-6-5-7-10(9)17-11/h8H,5-7H2,1-4H3. The van der Waals surface area contributed by atoms with Gasteiger partial charge in [-0.3, -0.25) is 0 Å². The summed E-state index contributed by atoms with van der Waals surface area (Å²) in [6, 6.07) is 2.29. The molecule has 2 aliphatic rings. The molecule has 0 amide bonds. The van der Waals surface area contributed by atoms with Gasteiger partial charge in [-0.25, -0.2) is 0 Å². The Morgan fingerprint density at radius 3 is 2.35 bits per heavy atom. The predicted molar refractivity (Wildman–Crippen MR) is 72.1 cm³/mol. The minimum absolute atomic E-state index is 0.171. The molecule has 1 aromatic rings. The quantitative estimate of drug-likeness (QED) is 0.713. The van der Waals surface area contributed by atoms with Crippen LogP contribution in [0.3, 0.4) is 0 Å². The maximum atomic E-state index is 6.08. The summed E-state index contributed by atoms with van der Waals surface area (Å²) < 4.78 is 13.4. The second-order valence-electron chi connectivity index (χ2n) is 6.04. The molecular weight excluding hydrogens is 231 g/mol. The Labute approximate surface area is 107 Å². The molecule has 1 aromatic heterocycles. The zero-order chi connectivity index (χ0) is 12.3. The lowest BCUT2D eigenvalue weighted by molar-refractivity contribution is 0.00578. The second-order valence-corrected chi connectivity index (χ2v) is 7.21. The van der Waals surface area contributed by atoms with Crippen LogP contribution in [0.5, 0.6) is 0 Å². The lowest BCUT2D eigenvalue weighted by Gasteiger charge is -2.32. The molecule has 1 aliphatic carbocycles. The van der Waals surface area contributed by atoms with Crippen molar-refractivity contribution in [1.29, 1.82) is 0 Å². The van der Waals surface area contributed by atoms with Crippen molar-refractivity contribution < 1.29 is 9.31 Å². The molecule has 1 fully saturated rings. The lowest BCUT2D eigenvalue weighted by Crippen LogP contribution is -2.41. The largest absolute Gasteiger partial charge is 0.505 e. The number of fused-ring (bicyclic) bond motifs is 1. The summed E-state index contributed by atoms with van der Waals surface area (Å²) in [6.07, 6.45) is 3.77. The minimum Gasteiger partial charge on any atom is -0.399 e. The first-order chi connectivity index (χ1) is 7.89. The van der Waals surface area contributed by atoms with E-state index < -0.39 is 0 Å². The highest BCUT2D eigenvalue weighted by Crippen LogP contribution is 2.37. The highest BCUT2D eigenvalue weighted by Gasteiger charge is 2.52. The number of hydrogen-bond donors (Lipinski definition) is 0. The maximum Gasteiger partial charge on any atom is 0.505 e. The topological polar surface area (TPSA) is 18.5 Å². The Morgan fingerprint density at radius 2 is 1.76 bits per heavy atom. The van der Waals surface area contributed by atoms with E-state index in [1.807, 2.05) is 11.3 Å². The first-order valence-electron chi connectivity index (χ1n) is 6.36. The molecule has 2 nitrogen and oxygen atoms in total. The van der Waals surface area contributed by atoms with Gasteiger partial charge in [-0.2, -0.15) is 0 Å². The Hall–Kier alpha value is -0.315. The third-order valence-corrected chi connectivity index (χ3v) is 5.51. The van der Waals surface area contributed by atoms with Crippen molar-refractivity contribution in [2.45, 2.75) is 58.2 Å². The van der Waals surface area contributed by atoms with E-state index in [-0.39, 0.29) is 18.3 Å². The van der Waals surface area contributed by atoms with Gasteiger partial charge in [0.15, 0.2) is 0 Å². The van der Waals surface area contributed by atoms with Crippen LogP contribution < -0.4 is 4.78 Å². The average molecular weight is 250 g/mol. The van der Waals surface area contributed by atoms with E-state index in [1.54, 1.807) is 0 Å². The highest BCUT2D eigenvalue weighted by atomic mass is 32.1. The second kappa shape index (κ2) is 3.59. The summed E-state index contributed by atoms with van der Waals surface area (Å²) in [4.78, 5) is 1.54. The van der Waals surface area contributed by atoms with Crippen LogP contribution in [0.1, 0.15) is 44.6 Å². The van der Waals surface area contributed by atoms with Crippen molar-refractivity contribution in [3.05, 3.63) is 16.5 Å². The normalized spacial score (nSPS) is 25.3. The van der Waals surface area contributed by atoms with Gasteiger partial charge in [0.1, 0.15) is 0 Å². The van der Waals surface area contributed by atoms with Crippen molar-refractivity contribution in [2.75, 3.05) is 0 Å². The van der Waals surface area contributed by atoms with Crippen LogP contribution in [0.25, 0.3) is 0 Å². The number of rotatable bonds is 1. The van der Waals surface area contributed by atoms with E-state index >= 15 is 0 Å². The molecule has 0 bridgehead atoms. The Kier molecular flexibility index (Phi) is 2.48. The van der Waals surface area contributed by atoms with Crippen LogP contribution in [0, 0.1) is 0 Å². The molecule has 0 aromatic carbocycles. The van der Waals surface area contributed by atoms with Gasteiger partial charge in [-0.05, 0) is 58.6 Å². The summed E-state index contributed by atoms with van der Waals surface area (Å²) in [5.41, 5.74) is 1.05. The maximum absolute atomic E-state index is 6.08. The van der Waals surface area contributed by atoms with Gasteiger partial charge in [0.2, 0.25) is 0 Å². The number of thiophene rings is 1. The van der Waals surface area contributed by atoms with E-state index in [4.69, 9.17) is 9.31 Å². The zero-order valence-electron chi connectivity index (χ0n) is 11.0. The molecule has 2 heterocycles. The van der Waals surface area contributed by atoms with Gasteiger partial charge in [0.05, 0.1) is 11.2 Å². The summed E-state index contributed by atoms with van der Waals surface area (Å²) in [5.74, 6) is 0. The molecule has 1 aliphatic heterocycles. The van der Waals surface area contributed by atoms with Gasteiger partial charge < -0.3 is 9.31 Å². The number of aryl methyl sites for hydroxylation is 2. The van der Waals surface area contributed by atoms with E-state index in [0.29, 0.717) is 0 Å². The Balaban J connectivity index is 1.87. The zero-order valence-corrected chi connectivity index (χ0v) is 11.8. The van der Waals surface area contributed by atoms with Crippen LogP contribution in [0.15, 0.2) is 6.07 Å². The predicted octanol–water partition coefficient (Wildman–Crippen LogP) is 2.54. The van der Waals surface area contributed by atoms with Crippen LogP contribution in [0.2, 0.25) is 0 Å². The van der Waals surface area contributed by atoms with Crippen LogP contribution in [-0.4, -0.2) is 18.3 Å². The van der Waals surface area contributed by atoms with Crippen molar-refractivity contribution in [3.8, 4) is 0 Å². The minimum atomic E-state index is -0.230. The summed E-state index contributed by atoms with van der Waals surface area (Å²) in [5, 5.41) is 0. The molecule has 92 valence electrons. The smallest absolute Gasteiger partial charge is 0.399 e. The third-order valence-electron chi connectivity index (χ3n) is 4.25. The van der Waals surface area contributed by atoms with E-state index in [2.05, 4.69) is 33.8 Å². The van der Waals surface area contributed by atoms with Gasteiger partial charge in [-0.1, -0.05) is 0 Å². The highest BCUT2D eigenvalue weighted by molar-refractivity contribution is 7.22. The first kappa shape index (κ1) is 11.8. The average Bonchev–Trinajstić information content (AvgIpc) is 2.77. The number of hydrogen-bond acceptors (Lipinski definition) is 3. The van der Waals surface area contributed by atoms with Crippen molar-refractivity contribution >= 4 is 23.2 Å².